The monoisotopic (exact) mass is 354 g/mol. The maximum absolute atomic E-state index is 12.4. The van der Waals surface area contributed by atoms with E-state index in [4.69, 9.17) is 0 Å². The zero-order valence-electron chi connectivity index (χ0n) is 15.1. The molecule has 2 aromatic rings. The number of aromatic nitrogens is 1. The van der Waals surface area contributed by atoms with Gasteiger partial charge in [-0.1, -0.05) is 17.7 Å². The van der Waals surface area contributed by atoms with Crippen molar-refractivity contribution in [2.75, 3.05) is 26.0 Å². The first-order valence-corrected chi connectivity index (χ1v) is 8.43. The number of hydrogen-bond donors (Lipinski definition) is 2. The average molecular weight is 354 g/mol. The second-order valence-corrected chi connectivity index (χ2v) is 6.70. The lowest BCUT2D eigenvalue weighted by Gasteiger charge is -2.26. The Morgan fingerprint density at radius 2 is 2.08 bits per heavy atom. The van der Waals surface area contributed by atoms with Crippen molar-refractivity contribution in [3.8, 4) is 0 Å². The highest BCUT2D eigenvalue weighted by molar-refractivity contribution is 6.05. The number of aryl methyl sites for hydroxylation is 1. The number of fused-ring (bicyclic) bond motifs is 1. The average Bonchev–Trinajstić information content (AvgIpc) is 3.02. The Balaban J connectivity index is 1.82. The predicted molar refractivity (Wildman–Crippen MR) is 98.2 cm³/mol. The molecule has 0 aliphatic carbocycles. The standard InChI is InChI=1S/C19H22N4O3/c1-12-5-4-6-13(7-12)18(25)21-14-8-16-19(26)20-10-15(23(16)11-14)9-17(24)22(2)3/h4-8,11,15H,9-10H2,1-3H3,(H,20,26)(H,21,25). The van der Waals surface area contributed by atoms with Crippen LogP contribution in [0.5, 0.6) is 0 Å². The summed E-state index contributed by atoms with van der Waals surface area (Å²) in [5.74, 6) is -0.469. The van der Waals surface area contributed by atoms with E-state index in [9.17, 15) is 14.4 Å². The van der Waals surface area contributed by atoms with Gasteiger partial charge < -0.3 is 20.1 Å². The van der Waals surface area contributed by atoms with Gasteiger partial charge in [0.2, 0.25) is 5.91 Å². The van der Waals surface area contributed by atoms with Gasteiger partial charge in [-0.3, -0.25) is 14.4 Å². The van der Waals surface area contributed by atoms with E-state index in [1.165, 1.54) is 4.90 Å². The number of hydrogen-bond acceptors (Lipinski definition) is 3. The normalized spacial score (nSPS) is 15.8. The zero-order chi connectivity index (χ0) is 18.8. The van der Waals surface area contributed by atoms with Crippen LogP contribution < -0.4 is 10.6 Å². The largest absolute Gasteiger partial charge is 0.349 e. The Morgan fingerprint density at radius 1 is 1.31 bits per heavy atom. The lowest BCUT2D eigenvalue weighted by Crippen LogP contribution is -2.40. The molecule has 7 nitrogen and oxygen atoms in total. The summed E-state index contributed by atoms with van der Waals surface area (Å²) in [6.07, 6.45) is 2.00. The van der Waals surface area contributed by atoms with Gasteiger partial charge in [0.05, 0.1) is 11.7 Å². The number of nitrogens with one attached hydrogen (secondary N) is 2. The molecule has 136 valence electrons. The second-order valence-electron chi connectivity index (χ2n) is 6.70. The number of amides is 3. The molecule has 0 saturated carbocycles. The van der Waals surface area contributed by atoms with Crippen LogP contribution in [-0.4, -0.2) is 47.8 Å². The van der Waals surface area contributed by atoms with Crippen LogP contribution in [0, 0.1) is 6.92 Å². The smallest absolute Gasteiger partial charge is 0.268 e. The van der Waals surface area contributed by atoms with Crippen molar-refractivity contribution in [1.82, 2.24) is 14.8 Å². The molecule has 0 radical (unpaired) electrons. The summed E-state index contributed by atoms with van der Waals surface area (Å²) in [6, 6.07) is 8.74. The minimum atomic E-state index is -0.238. The van der Waals surface area contributed by atoms with Gasteiger partial charge in [-0.15, -0.1) is 0 Å². The number of carbonyl (C=O) groups excluding carboxylic acids is 3. The molecule has 7 heteroatoms. The van der Waals surface area contributed by atoms with Gasteiger partial charge in [0, 0.05) is 38.8 Å². The topological polar surface area (TPSA) is 83.4 Å². The molecule has 0 fully saturated rings. The maximum Gasteiger partial charge on any atom is 0.268 e. The van der Waals surface area contributed by atoms with E-state index >= 15 is 0 Å². The minimum absolute atomic E-state index is 0.0175. The number of benzene rings is 1. The fraction of sp³-hybridized carbons (Fsp3) is 0.316. The molecule has 3 amide bonds. The lowest BCUT2D eigenvalue weighted by atomic mass is 10.1. The number of rotatable bonds is 4. The second kappa shape index (κ2) is 7.03. The van der Waals surface area contributed by atoms with Crippen LogP contribution in [-0.2, 0) is 4.79 Å². The van der Waals surface area contributed by atoms with Gasteiger partial charge in [-0.25, -0.2) is 0 Å². The third-order valence-electron chi connectivity index (χ3n) is 4.42. The molecule has 1 aromatic carbocycles. The molecule has 1 aliphatic heterocycles. The quantitative estimate of drug-likeness (QED) is 0.878. The van der Waals surface area contributed by atoms with Crippen LogP contribution in [0.2, 0.25) is 0 Å². The van der Waals surface area contributed by atoms with Gasteiger partial charge >= 0.3 is 0 Å². The number of nitrogens with zero attached hydrogens (tertiary/aromatic N) is 2. The Morgan fingerprint density at radius 3 is 2.77 bits per heavy atom. The van der Waals surface area contributed by atoms with E-state index in [0.717, 1.165) is 5.56 Å². The van der Waals surface area contributed by atoms with E-state index in [-0.39, 0.29) is 30.2 Å². The van der Waals surface area contributed by atoms with Crippen molar-refractivity contribution in [1.29, 1.82) is 0 Å². The molecule has 2 N–H and O–H groups in total. The molecular weight excluding hydrogens is 332 g/mol. The molecule has 1 aliphatic rings. The number of carbonyl (C=O) groups is 3. The van der Waals surface area contributed by atoms with Crippen molar-refractivity contribution in [3.05, 3.63) is 53.3 Å². The van der Waals surface area contributed by atoms with Gasteiger partial charge in [-0.2, -0.15) is 0 Å². The zero-order valence-corrected chi connectivity index (χ0v) is 15.1. The minimum Gasteiger partial charge on any atom is -0.349 e. The fourth-order valence-corrected chi connectivity index (χ4v) is 2.98. The summed E-state index contributed by atoms with van der Waals surface area (Å²) >= 11 is 0. The summed E-state index contributed by atoms with van der Waals surface area (Å²) in [6.45, 7) is 2.30. The van der Waals surface area contributed by atoms with Crippen LogP contribution in [0.15, 0.2) is 36.5 Å². The van der Waals surface area contributed by atoms with Crippen molar-refractivity contribution < 1.29 is 14.4 Å². The van der Waals surface area contributed by atoms with E-state index in [1.807, 2.05) is 19.1 Å². The van der Waals surface area contributed by atoms with Gasteiger partial charge in [0.15, 0.2) is 0 Å². The van der Waals surface area contributed by atoms with Crippen molar-refractivity contribution in [3.63, 3.8) is 0 Å². The van der Waals surface area contributed by atoms with E-state index in [2.05, 4.69) is 10.6 Å². The maximum atomic E-state index is 12.4. The van der Waals surface area contributed by atoms with Crippen molar-refractivity contribution >= 4 is 23.4 Å². The summed E-state index contributed by atoms with van der Waals surface area (Å²) in [4.78, 5) is 38.1. The summed E-state index contributed by atoms with van der Waals surface area (Å²) in [5, 5.41) is 5.62. The van der Waals surface area contributed by atoms with Crippen molar-refractivity contribution in [2.24, 2.45) is 0 Å². The SMILES string of the molecule is Cc1cccc(C(=O)Nc2cc3n(c2)C(CC(=O)N(C)C)CNC3=O)c1. The first-order valence-electron chi connectivity index (χ1n) is 8.43. The molecule has 1 aromatic heterocycles. The number of anilines is 1. The van der Waals surface area contributed by atoms with Gasteiger partial charge in [0.1, 0.15) is 5.69 Å². The van der Waals surface area contributed by atoms with Crippen LogP contribution in [0.25, 0.3) is 0 Å². The Kier molecular flexibility index (Phi) is 4.79. The third-order valence-corrected chi connectivity index (χ3v) is 4.42. The molecular formula is C19H22N4O3. The molecule has 1 unspecified atom stereocenters. The van der Waals surface area contributed by atoms with E-state index in [0.29, 0.717) is 23.5 Å². The highest BCUT2D eigenvalue weighted by atomic mass is 16.2. The molecule has 0 spiro atoms. The molecule has 0 saturated heterocycles. The molecule has 3 rings (SSSR count). The Hall–Kier alpha value is -3.09. The summed E-state index contributed by atoms with van der Waals surface area (Å²) < 4.78 is 1.77. The van der Waals surface area contributed by atoms with Crippen LogP contribution in [0.4, 0.5) is 5.69 Å². The highest BCUT2D eigenvalue weighted by Crippen LogP contribution is 2.25. The fourth-order valence-electron chi connectivity index (χ4n) is 2.98. The first kappa shape index (κ1) is 17.7. The lowest BCUT2D eigenvalue weighted by molar-refractivity contribution is -0.129. The van der Waals surface area contributed by atoms with Crippen molar-refractivity contribution in [2.45, 2.75) is 19.4 Å². The Labute approximate surface area is 152 Å². The van der Waals surface area contributed by atoms with Gasteiger partial charge in [0.25, 0.3) is 11.8 Å². The van der Waals surface area contributed by atoms with Crippen LogP contribution >= 0.6 is 0 Å². The van der Waals surface area contributed by atoms with Crippen LogP contribution in [0.3, 0.4) is 0 Å². The first-order chi connectivity index (χ1) is 12.3. The molecule has 0 bridgehead atoms. The highest BCUT2D eigenvalue weighted by Gasteiger charge is 2.28. The van der Waals surface area contributed by atoms with Crippen LogP contribution in [0.1, 0.15) is 38.9 Å². The third kappa shape index (κ3) is 3.61. The summed E-state index contributed by atoms with van der Waals surface area (Å²) in [7, 11) is 3.40. The van der Waals surface area contributed by atoms with E-state index < -0.39 is 0 Å². The molecule has 2 heterocycles. The molecule has 1 atom stereocenters. The summed E-state index contributed by atoms with van der Waals surface area (Å²) in [5.41, 5.74) is 2.52. The van der Waals surface area contributed by atoms with E-state index in [1.54, 1.807) is 43.1 Å². The predicted octanol–water partition coefficient (Wildman–Crippen LogP) is 1.81. The Bertz CT molecular complexity index is 869. The molecule has 26 heavy (non-hydrogen) atoms. The van der Waals surface area contributed by atoms with Gasteiger partial charge in [-0.05, 0) is 25.1 Å².